The van der Waals surface area contributed by atoms with Gasteiger partial charge in [-0.05, 0) is 60.4 Å². The molecule has 1 aromatic heterocycles. The molecule has 0 radical (unpaired) electrons. The molecule has 0 aliphatic carbocycles. The summed E-state index contributed by atoms with van der Waals surface area (Å²) in [5.74, 6) is -0.515. The summed E-state index contributed by atoms with van der Waals surface area (Å²) in [5, 5.41) is 4.05. The molecular weight excluding hydrogens is 522 g/mol. The van der Waals surface area contributed by atoms with Crippen LogP contribution in [0, 0.1) is 3.70 Å². The highest BCUT2D eigenvalue weighted by Crippen LogP contribution is 2.37. The van der Waals surface area contributed by atoms with E-state index in [1.807, 2.05) is 4.68 Å². The van der Waals surface area contributed by atoms with Crippen LogP contribution >= 0.6 is 34.2 Å². The minimum absolute atomic E-state index is 0.139. The number of ether oxygens (including phenoxy) is 1. The molecular formula is C19H18ClF3IN3O2. The molecule has 0 N–H and O–H groups in total. The van der Waals surface area contributed by atoms with Crippen LogP contribution in [0.3, 0.4) is 0 Å². The van der Waals surface area contributed by atoms with Crippen LogP contribution in [0.25, 0.3) is 0 Å². The van der Waals surface area contributed by atoms with Crippen molar-refractivity contribution in [3.05, 3.63) is 49.3 Å². The lowest BCUT2D eigenvalue weighted by Crippen LogP contribution is -2.37. The predicted octanol–water partition coefficient (Wildman–Crippen LogP) is 5.06. The van der Waals surface area contributed by atoms with Gasteiger partial charge in [-0.1, -0.05) is 17.7 Å². The topological polar surface area (TPSA) is 47.4 Å². The molecule has 2 aromatic rings. The quantitative estimate of drug-likeness (QED) is 0.502. The van der Waals surface area contributed by atoms with E-state index in [0.717, 1.165) is 40.3 Å². The number of aromatic nitrogens is 2. The van der Waals surface area contributed by atoms with E-state index in [1.54, 1.807) is 0 Å². The van der Waals surface area contributed by atoms with Crippen LogP contribution in [0.1, 0.15) is 52.7 Å². The minimum atomic E-state index is -4.62. The average molecular weight is 540 g/mol. The van der Waals surface area contributed by atoms with Crippen LogP contribution in [-0.2, 0) is 23.9 Å². The molecule has 1 atom stereocenters. The second kappa shape index (κ2) is 8.07. The van der Waals surface area contributed by atoms with Gasteiger partial charge in [0.25, 0.3) is 5.91 Å². The molecule has 0 bridgehead atoms. The number of nitrogens with zero attached hydrogens (tertiary/aromatic N) is 3. The molecule has 1 saturated heterocycles. The Morgan fingerprint density at radius 1 is 1.31 bits per heavy atom. The largest absolute Gasteiger partial charge is 0.417 e. The van der Waals surface area contributed by atoms with E-state index >= 15 is 0 Å². The number of amides is 1. The number of rotatable bonds is 2. The van der Waals surface area contributed by atoms with Gasteiger partial charge in [-0.25, -0.2) is 4.68 Å². The van der Waals surface area contributed by atoms with Gasteiger partial charge in [0, 0.05) is 18.7 Å². The van der Waals surface area contributed by atoms with Gasteiger partial charge in [-0.2, -0.15) is 18.3 Å². The smallest absolute Gasteiger partial charge is 0.357 e. The summed E-state index contributed by atoms with van der Waals surface area (Å²) in [5.41, 5.74) is 0.806. The summed E-state index contributed by atoms with van der Waals surface area (Å²) in [7, 11) is 0. The Bertz CT molecular complexity index is 942. The fraction of sp³-hybridized carbons (Fsp3) is 0.474. The molecule has 0 spiro atoms. The van der Waals surface area contributed by atoms with Gasteiger partial charge < -0.3 is 9.64 Å². The zero-order valence-electron chi connectivity index (χ0n) is 15.3. The van der Waals surface area contributed by atoms with Crippen molar-refractivity contribution in [2.45, 2.75) is 44.6 Å². The Morgan fingerprint density at radius 3 is 2.79 bits per heavy atom. The Morgan fingerprint density at radius 2 is 2.10 bits per heavy atom. The van der Waals surface area contributed by atoms with Gasteiger partial charge >= 0.3 is 6.18 Å². The number of halogens is 5. The first-order valence-corrected chi connectivity index (χ1v) is 10.8. The minimum Gasteiger partial charge on any atom is -0.357 e. The molecule has 4 rings (SSSR count). The molecule has 3 heterocycles. The van der Waals surface area contributed by atoms with Crippen molar-refractivity contribution in [1.82, 2.24) is 14.7 Å². The van der Waals surface area contributed by atoms with E-state index < -0.39 is 22.7 Å². The lowest BCUT2D eigenvalue weighted by molar-refractivity contribution is -0.137. The first-order valence-electron chi connectivity index (χ1n) is 9.29. The first kappa shape index (κ1) is 20.9. The molecule has 5 nitrogen and oxygen atoms in total. The molecule has 1 unspecified atom stereocenters. The van der Waals surface area contributed by atoms with Crippen molar-refractivity contribution in [2.24, 2.45) is 0 Å². The van der Waals surface area contributed by atoms with Crippen LogP contribution in [-0.4, -0.2) is 33.7 Å². The third-order valence-corrected chi connectivity index (χ3v) is 6.57. The van der Waals surface area contributed by atoms with Crippen molar-refractivity contribution in [1.29, 1.82) is 0 Å². The second-order valence-corrected chi connectivity index (χ2v) is 8.52. The highest BCUT2D eigenvalue weighted by molar-refractivity contribution is 14.1. The average Bonchev–Trinajstić information content (AvgIpc) is 3.03. The maximum absolute atomic E-state index is 13.2. The molecule has 2 aliphatic rings. The molecule has 1 amide bonds. The number of hydrogen-bond acceptors (Lipinski definition) is 3. The second-order valence-electron chi connectivity index (χ2n) is 7.12. The highest BCUT2D eigenvalue weighted by Gasteiger charge is 2.36. The van der Waals surface area contributed by atoms with Gasteiger partial charge in [-0.3, -0.25) is 4.79 Å². The Hall–Kier alpha value is -1.33. The van der Waals surface area contributed by atoms with Crippen molar-refractivity contribution in [3.8, 4) is 0 Å². The molecule has 1 aromatic carbocycles. The number of benzene rings is 1. The molecule has 29 heavy (non-hydrogen) atoms. The SMILES string of the molecule is O=C(c1cccc(C(F)(F)F)c1Cl)N1CCc2c(I)nn(C3CCCCO3)c2C1. The first-order chi connectivity index (χ1) is 13.8. The molecule has 10 heteroatoms. The zero-order valence-corrected chi connectivity index (χ0v) is 18.2. The van der Waals surface area contributed by atoms with E-state index in [-0.39, 0.29) is 18.3 Å². The lowest BCUT2D eigenvalue weighted by atomic mass is 10.0. The number of alkyl halides is 3. The van der Waals surface area contributed by atoms with E-state index in [9.17, 15) is 18.0 Å². The van der Waals surface area contributed by atoms with E-state index in [2.05, 4.69) is 27.7 Å². The van der Waals surface area contributed by atoms with Crippen molar-refractivity contribution >= 4 is 40.1 Å². The van der Waals surface area contributed by atoms with Crippen LogP contribution in [0.2, 0.25) is 5.02 Å². The fourth-order valence-electron chi connectivity index (χ4n) is 3.81. The van der Waals surface area contributed by atoms with Gasteiger partial charge in [0.15, 0.2) is 6.23 Å². The third-order valence-electron chi connectivity index (χ3n) is 5.29. The molecule has 0 saturated carbocycles. The third kappa shape index (κ3) is 4.00. The lowest BCUT2D eigenvalue weighted by Gasteiger charge is -2.31. The molecule has 2 aliphatic heterocycles. The van der Waals surface area contributed by atoms with E-state index in [0.29, 0.717) is 19.6 Å². The van der Waals surface area contributed by atoms with Gasteiger partial charge in [0.1, 0.15) is 3.70 Å². The normalized spacial score (nSPS) is 19.9. The fourth-order valence-corrected chi connectivity index (χ4v) is 4.94. The summed E-state index contributed by atoms with van der Waals surface area (Å²) in [4.78, 5) is 14.5. The van der Waals surface area contributed by atoms with Gasteiger partial charge in [-0.15, -0.1) is 0 Å². The maximum Gasteiger partial charge on any atom is 0.417 e. The number of carbonyl (C=O) groups excluding carboxylic acids is 1. The van der Waals surface area contributed by atoms with Crippen LogP contribution in [0.4, 0.5) is 13.2 Å². The standard InChI is InChI=1S/C19H18ClF3IN3O2/c20-16-12(4-3-5-13(16)19(21,22)23)18(28)26-8-7-11-14(10-26)27(25-17(11)24)15-6-1-2-9-29-15/h3-5,15H,1-2,6-10H2. The van der Waals surface area contributed by atoms with Crippen LogP contribution in [0.15, 0.2) is 18.2 Å². The summed E-state index contributed by atoms with van der Waals surface area (Å²) in [6.07, 6.45) is -1.31. The van der Waals surface area contributed by atoms with Crippen LogP contribution < -0.4 is 0 Å². The summed E-state index contributed by atoms with van der Waals surface area (Å²) < 4.78 is 48.0. The molecule has 1 fully saturated rings. The van der Waals surface area contributed by atoms with Gasteiger partial charge in [0.2, 0.25) is 0 Å². The Balaban J connectivity index is 1.63. The number of hydrogen-bond donors (Lipinski definition) is 0. The van der Waals surface area contributed by atoms with E-state index in [1.165, 1.54) is 17.0 Å². The van der Waals surface area contributed by atoms with Crippen molar-refractivity contribution in [3.63, 3.8) is 0 Å². The van der Waals surface area contributed by atoms with Crippen molar-refractivity contribution in [2.75, 3.05) is 13.2 Å². The number of carbonyl (C=O) groups is 1. The summed E-state index contributed by atoms with van der Waals surface area (Å²) >= 11 is 8.14. The van der Waals surface area contributed by atoms with E-state index in [4.69, 9.17) is 16.3 Å². The zero-order chi connectivity index (χ0) is 20.8. The number of fused-ring (bicyclic) bond motifs is 1. The summed E-state index contributed by atoms with van der Waals surface area (Å²) in [6.45, 7) is 1.32. The maximum atomic E-state index is 13.2. The molecule has 156 valence electrons. The predicted molar refractivity (Wildman–Crippen MR) is 109 cm³/mol. The van der Waals surface area contributed by atoms with Gasteiger partial charge in [0.05, 0.1) is 28.4 Å². The monoisotopic (exact) mass is 539 g/mol. The Labute approximate surface area is 184 Å². The van der Waals surface area contributed by atoms with Crippen molar-refractivity contribution < 1.29 is 22.7 Å². The highest BCUT2D eigenvalue weighted by atomic mass is 127. The van der Waals surface area contributed by atoms with Crippen LogP contribution in [0.5, 0.6) is 0 Å². The summed E-state index contributed by atoms with van der Waals surface area (Å²) in [6, 6.07) is 3.42. The Kier molecular flexibility index (Phi) is 5.82.